The molecule has 2 N–H and O–H groups in total. The summed E-state index contributed by atoms with van der Waals surface area (Å²) in [5, 5.41) is 21.2. The number of nitrogens with zero attached hydrogens (tertiary/aromatic N) is 1. The van der Waals surface area contributed by atoms with Crippen molar-refractivity contribution in [3.05, 3.63) is 29.1 Å². The number of halogens is 1. The Morgan fingerprint density at radius 1 is 1.62 bits per heavy atom. The maximum Gasteiger partial charge on any atom is 0.172 e. The molecule has 1 rings (SSSR count). The highest BCUT2D eigenvalue weighted by molar-refractivity contribution is 5.47. The molecule has 0 aliphatic carbocycles. The number of aliphatic hydroxyl groups excluding tert-OH is 1. The summed E-state index contributed by atoms with van der Waals surface area (Å²) >= 11 is 0. The van der Waals surface area contributed by atoms with E-state index in [1.807, 2.05) is 6.07 Å². The lowest BCUT2D eigenvalue weighted by molar-refractivity contribution is 0.177. The molecule has 16 heavy (non-hydrogen) atoms. The van der Waals surface area contributed by atoms with Crippen LogP contribution in [0.2, 0.25) is 0 Å². The number of ether oxygens (including phenoxy) is 1. The number of hydrogen-bond acceptors (Lipinski definition) is 4. The van der Waals surface area contributed by atoms with Crippen molar-refractivity contribution in [1.82, 2.24) is 5.32 Å². The van der Waals surface area contributed by atoms with Gasteiger partial charge in [0.1, 0.15) is 6.07 Å². The summed E-state index contributed by atoms with van der Waals surface area (Å²) in [4.78, 5) is 0. The number of methoxy groups -OCH3 is 1. The molecular weight excluding hydrogens is 211 g/mol. The van der Waals surface area contributed by atoms with Gasteiger partial charge in [0.25, 0.3) is 0 Å². The van der Waals surface area contributed by atoms with Crippen LogP contribution in [0.1, 0.15) is 17.2 Å². The van der Waals surface area contributed by atoms with E-state index in [0.29, 0.717) is 5.56 Å². The van der Waals surface area contributed by atoms with Gasteiger partial charge in [0.2, 0.25) is 0 Å². The van der Waals surface area contributed by atoms with Gasteiger partial charge in [0.05, 0.1) is 18.8 Å². The Morgan fingerprint density at radius 2 is 2.31 bits per heavy atom. The van der Waals surface area contributed by atoms with E-state index in [2.05, 4.69) is 5.32 Å². The predicted octanol–water partition coefficient (Wildman–Crippen LogP) is 0.959. The summed E-state index contributed by atoms with van der Waals surface area (Å²) in [6.07, 6.45) is -0.850. The van der Waals surface area contributed by atoms with Gasteiger partial charge in [-0.25, -0.2) is 4.39 Å². The maximum atomic E-state index is 13.5. The van der Waals surface area contributed by atoms with Crippen LogP contribution in [-0.4, -0.2) is 25.8 Å². The monoisotopic (exact) mass is 224 g/mol. The number of rotatable bonds is 4. The lowest BCUT2D eigenvalue weighted by Gasteiger charge is -2.12. The first-order chi connectivity index (χ1) is 7.63. The summed E-state index contributed by atoms with van der Waals surface area (Å²) in [7, 11) is 2.97. The second-order valence-corrected chi connectivity index (χ2v) is 3.27. The Hall–Kier alpha value is -1.64. The predicted molar refractivity (Wildman–Crippen MR) is 56.6 cm³/mol. The summed E-state index contributed by atoms with van der Waals surface area (Å²) in [5.74, 6) is -0.741. The highest BCUT2D eigenvalue weighted by atomic mass is 19.1. The van der Waals surface area contributed by atoms with Crippen LogP contribution in [0.5, 0.6) is 5.75 Å². The number of nitriles is 1. The fourth-order valence-electron chi connectivity index (χ4n) is 1.41. The van der Waals surface area contributed by atoms with Crippen molar-refractivity contribution < 1.29 is 14.2 Å². The molecule has 5 heteroatoms. The fourth-order valence-corrected chi connectivity index (χ4v) is 1.41. The molecule has 0 amide bonds. The van der Waals surface area contributed by atoms with Crippen LogP contribution in [0.25, 0.3) is 0 Å². The molecule has 0 aliphatic heterocycles. The topological polar surface area (TPSA) is 65.3 Å². The first-order valence-electron chi connectivity index (χ1n) is 4.74. The fraction of sp³-hybridized carbons (Fsp3) is 0.364. The van der Waals surface area contributed by atoms with Crippen molar-refractivity contribution in [2.75, 3.05) is 20.7 Å². The zero-order valence-corrected chi connectivity index (χ0v) is 9.12. The standard InChI is InChI=1S/C11H13FN2O2/c1-14-6-10(15)7-3-8(5-13)11(16-2)9(12)4-7/h3-4,10,14-15H,6H2,1-2H3. The third kappa shape index (κ3) is 2.48. The van der Waals surface area contributed by atoms with E-state index in [-0.39, 0.29) is 17.9 Å². The van der Waals surface area contributed by atoms with E-state index in [1.165, 1.54) is 19.2 Å². The molecule has 1 atom stereocenters. The van der Waals surface area contributed by atoms with E-state index in [1.54, 1.807) is 7.05 Å². The van der Waals surface area contributed by atoms with E-state index in [4.69, 9.17) is 10.00 Å². The van der Waals surface area contributed by atoms with Gasteiger partial charge >= 0.3 is 0 Å². The van der Waals surface area contributed by atoms with Crippen molar-refractivity contribution in [2.45, 2.75) is 6.10 Å². The maximum absolute atomic E-state index is 13.5. The normalized spacial score (nSPS) is 11.9. The van der Waals surface area contributed by atoms with Crippen LogP contribution < -0.4 is 10.1 Å². The average molecular weight is 224 g/mol. The van der Waals surface area contributed by atoms with Crippen molar-refractivity contribution in [2.24, 2.45) is 0 Å². The molecule has 0 aliphatic rings. The quantitative estimate of drug-likeness (QED) is 0.799. The molecular formula is C11H13FN2O2. The van der Waals surface area contributed by atoms with Gasteiger partial charge < -0.3 is 15.2 Å². The Labute approximate surface area is 93.3 Å². The van der Waals surface area contributed by atoms with Crippen LogP contribution in [0.15, 0.2) is 12.1 Å². The van der Waals surface area contributed by atoms with Gasteiger partial charge in [-0.2, -0.15) is 5.26 Å². The lowest BCUT2D eigenvalue weighted by atomic mass is 10.1. The van der Waals surface area contributed by atoms with E-state index in [0.717, 1.165) is 0 Å². The Bertz CT molecular complexity index is 415. The number of likely N-dealkylation sites (N-methyl/N-ethyl adjacent to an activating group) is 1. The largest absolute Gasteiger partial charge is 0.492 e. The second-order valence-electron chi connectivity index (χ2n) is 3.27. The number of nitrogens with one attached hydrogen (secondary N) is 1. The molecule has 0 radical (unpaired) electrons. The molecule has 0 saturated carbocycles. The molecule has 0 bridgehead atoms. The Morgan fingerprint density at radius 3 is 2.81 bits per heavy atom. The number of aliphatic hydroxyl groups is 1. The summed E-state index contributed by atoms with van der Waals surface area (Å²) in [5.41, 5.74) is 0.428. The van der Waals surface area contributed by atoms with Crippen LogP contribution in [-0.2, 0) is 0 Å². The zero-order chi connectivity index (χ0) is 12.1. The van der Waals surface area contributed by atoms with Gasteiger partial charge in [-0.05, 0) is 24.7 Å². The summed E-state index contributed by atoms with van der Waals surface area (Å²) in [6.45, 7) is 0.288. The van der Waals surface area contributed by atoms with E-state index in [9.17, 15) is 9.50 Å². The van der Waals surface area contributed by atoms with Gasteiger partial charge in [-0.3, -0.25) is 0 Å². The smallest absolute Gasteiger partial charge is 0.172 e. The first kappa shape index (κ1) is 12.4. The van der Waals surface area contributed by atoms with Crippen molar-refractivity contribution in [3.8, 4) is 11.8 Å². The Balaban J connectivity index is 3.16. The number of hydrogen-bond donors (Lipinski definition) is 2. The average Bonchev–Trinajstić information content (AvgIpc) is 2.28. The van der Waals surface area contributed by atoms with E-state index < -0.39 is 11.9 Å². The zero-order valence-electron chi connectivity index (χ0n) is 9.12. The lowest BCUT2D eigenvalue weighted by Crippen LogP contribution is -2.17. The van der Waals surface area contributed by atoms with Gasteiger partial charge in [0.15, 0.2) is 11.6 Å². The van der Waals surface area contributed by atoms with Crippen LogP contribution in [0.4, 0.5) is 4.39 Å². The Kier molecular flexibility index (Phi) is 4.23. The molecule has 0 fully saturated rings. The minimum Gasteiger partial charge on any atom is -0.492 e. The minimum absolute atomic E-state index is 0.0765. The minimum atomic E-state index is -0.850. The molecule has 86 valence electrons. The van der Waals surface area contributed by atoms with Crippen LogP contribution in [0.3, 0.4) is 0 Å². The third-order valence-electron chi connectivity index (χ3n) is 2.17. The summed E-state index contributed by atoms with van der Waals surface area (Å²) in [6, 6.07) is 4.42. The molecule has 0 spiro atoms. The van der Waals surface area contributed by atoms with Crippen LogP contribution in [0, 0.1) is 17.1 Å². The van der Waals surface area contributed by atoms with E-state index >= 15 is 0 Å². The molecule has 4 nitrogen and oxygen atoms in total. The van der Waals surface area contributed by atoms with Crippen LogP contribution >= 0.6 is 0 Å². The van der Waals surface area contributed by atoms with Gasteiger partial charge in [-0.15, -0.1) is 0 Å². The molecule has 1 aromatic carbocycles. The molecule has 1 unspecified atom stereocenters. The second kappa shape index (κ2) is 5.45. The third-order valence-corrected chi connectivity index (χ3v) is 2.17. The van der Waals surface area contributed by atoms with Crippen molar-refractivity contribution in [3.63, 3.8) is 0 Å². The molecule has 0 heterocycles. The summed E-state index contributed by atoms with van der Waals surface area (Å²) < 4.78 is 18.3. The SMILES string of the molecule is CNCC(O)c1cc(F)c(OC)c(C#N)c1. The number of benzene rings is 1. The van der Waals surface area contributed by atoms with Gasteiger partial charge in [0, 0.05) is 6.54 Å². The first-order valence-corrected chi connectivity index (χ1v) is 4.74. The van der Waals surface area contributed by atoms with Crippen molar-refractivity contribution >= 4 is 0 Å². The molecule has 0 aromatic heterocycles. The highest BCUT2D eigenvalue weighted by Gasteiger charge is 2.15. The molecule has 1 aromatic rings. The highest BCUT2D eigenvalue weighted by Crippen LogP contribution is 2.26. The van der Waals surface area contributed by atoms with Crippen molar-refractivity contribution in [1.29, 1.82) is 5.26 Å². The van der Waals surface area contributed by atoms with Gasteiger partial charge in [-0.1, -0.05) is 0 Å². The molecule has 0 saturated heterocycles.